The number of benzene rings is 1. The first-order valence-electron chi connectivity index (χ1n) is 6.75. The Morgan fingerprint density at radius 1 is 1.30 bits per heavy atom. The molecular formula is C15H21NO4. The minimum absolute atomic E-state index is 0.285. The predicted molar refractivity (Wildman–Crippen MR) is 75.0 cm³/mol. The van der Waals surface area contributed by atoms with Gasteiger partial charge in [0.05, 0.1) is 20.3 Å². The summed E-state index contributed by atoms with van der Waals surface area (Å²) in [6.07, 6.45) is 0.887. The van der Waals surface area contributed by atoms with Crippen molar-refractivity contribution in [3.63, 3.8) is 0 Å². The number of methoxy groups -OCH3 is 1. The number of esters is 1. The van der Waals surface area contributed by atoms with Crippen LogP contribution < -0.4 is 14.8 Å². The van der Waals surface area contributed by atoms with Gasteiger partial charge >= 0.3 is 5.97 Å². The lowest BCUT2D eigenvalue weighted by molar-refractivity contribution is -0.147. The van der Waals surface area contributed by atoms with Crippen molar-refractivity contribution >= 4 is 5.97 Å². The standard InChI is InChI=1S/C15H21NO4/c1-15(2,14(17)18-3)16-10-11-5-6-12-13(9-11)20-8-4-7-19-12/h5-6,9,16H,4,7-8,10H2,1-3H3. The summed E-state index contributed by atoms with van der Waals surface area (Å²) in [5, 5.41) is 3.18. The van der Waals surface area contributed by atoms with Gasteiger partial charge in [-0.3, -0.25) is 10.1 Å². The lowest BCUT2D eigenvalue weighted by Gasteiger charge is -2.23. The summed E-state index contributed by atoms with van der Waals surface area (Å²) in [6.45, 7) is 5.49. The molecule has 1 aromatic carbocycles. The van der Waals surface area contributed by atoms with Crippen molar-refractivity contribution in [2.45, 2.75) is 32.4 Å². The molecule has 2 rings (SSSR count). The fourth-order valence-corrected chi connectivity index (χ4v) is 1.97. The smallest absolute Gasteiger partial charge is 0.325 e. The van der Waals surface area contributed by atoms with Crippen LogP contribution >= 0.6 is 0 Å². The van der Waals surface area contributed by atoms with Gasteiger partial charge in [0.15, 0.2) is 11.5 Å². The molecule has 0 spiro atoms. The van der Waals surface area contributed by atoms with E-state index < -0.39 is 5.54 Å². The summed E-state index contributed by atoms with van der Waals surface area (Å²) in [7, 11) is 1.39. The normalized spacial score (nSPS) is 14.6. The molecular weight excluding hydrogens is 258 g/mol. The fourth-order valence-electron chi connectivity index (χ4n) is 1.97. The van der Waals surface area contributed by atoms with Gasteiger partial charge in [0.25, 0.3) is 0 Å². The minimum Gasteiger partial charge on any atom is -0.490 e. The van der Waals surface area contributed by atoms with Gasteiger partial charge in [-0.2, -0.15) is 0 Å². The predicted octanol–water partition coefficient (Wildman–Crippen LogP) is 1.89. The first-order chi connectivity index (χ1) is 9.53. The number of nitrogens with one attached hydrogen (secondary N) is 1. The van der Waals surface area contributed by atoms with Crippen molar-refractivity contribution in [2.24, 2.45) is 0 Å². The third kappa shape index (κ3) is 3.42. The zero-order chi connectivity index (χ0) is 14.6. The Hall–Kier alpha value is -1.75. The van der Waals surface area contributed by atoms with E-state index in [4.69, 9.17) is 14.2 Å². The van der Waals surface area contributed by atoms with Gasteiger partial charge in [0.1, 0.15) is 5.54 Å². The van der Waals surface area contributed by atoms with Crippen LogP contribution in [-0.2, 0) is 16.1 Å². The Labute approximate surface area is 119 Å². The van der Waals surface area contributed by atoms with Gasteiger partial charge in [-0.05, 0) is 31.5 Å². The van der Waals surface area contributed by atoms with Gasteiger partial charge < -0.3 is 14.2 Å². The number of carbonyl (C=O) groups excluding carboxylic acids is 1. The first-order valence-corrected chi connectivity index (χ1v) is 6.75. The second-order valence-electron chi connectivity index (χ2n) is 5.30. The number of hydrogen-bond donors (Lipinski definition) is 1. The van der Waals surface area contributed by atoms with Crippen molar-refractivity contribution in [3.05, 3.63) is 23.8 Å². The van der Waals surface area contributed by atoms with E-state index in [2.05, 4.69) is 5.32 Å². The topological polar surface area (TPSA) is 56.8 Å². The molecule has 5 nitrogen and oxygen atoms in total. The lowest BCUT2D eigenvalue weighted by atomic mass is 10.1. The molecule has 1 heterocycles. The number of hydrogen-bond acceptors (Lipinski definition) is 5. The highest BCUT2D eigenvalue weighted by atomic mass is 16.5. The van der Waals surface area contributed by atoms with Crippen molar-refractivity contribution in [1.29, 1.82) is 0 Å². The monoisotopic (exact) mass is 279 g/mol. The highest BCUT2D eigenvalue weighted by molar-refractivity contribution is 5.79. The van der Waals surface area contributed by atoms with Crippen LogP contribution in [0.15, 0.2) is 18.2 Å². The SMILES string of the molecule is COC(=O)C(C)(C)NCc1ccc2c(c1)OCCCO2. The van der Waals surface area contributed by atoms with Gasteiger partial charge in [0, 0.05) is 13.0 Å². The van der Waals surface area contributed by atoms with E-state index in [1.165, 1.54) is 7.11 Å². The number of fused-ring (bicyclic) bond motifs is 1. The van der Waals surface area contributed by atoms with Crippen molar-refractivity contribution in [3.8, 4) is 11.5 Å². The molecule has 0 aromatic heterocycles. The van der Waals surface area contributed by atoms with Crippen LogP contribution in [0, 0.1) is 0 Å². The Morgan fingerprint density at radius 2 is 2.00 bits per heavy atom. The van der Waals surface area contributed by atoms with Gasteiger partial charge in [-0.1, -0.05) is 6.07 Å². The Balaban J connectivity index is 2.04. The minimum atomic E-state index is -0.723. The summed E-state index contributed by atoms with van der Waals surface area (Å²) in [6, 6.07) is 5.82. The molecule has 5 heteroatoms. The van der Waals surface area contributed by atoms with E-state index in [-0.39, 0.29) is 5.97 Å². The van der Waals surface area contributed by atoms with Crippen LogP contribution in [0.1, 0.15) is 25.8 Å². The van der Waals surface area contributed by atoms with Crippen LogP contribution in [0.2, 0.25) is 0 Å². The van der Waals surface area contributed by atoms with Gasteiger partial charge in [-0.25, -0.2) is 0 Å². The van der Waals surface area contributed by atoms with Crippen LogP contribution in [0.4, 0.5) is 0 Å². The fraction of sp³-hybridized carbons (Fsp3) is 0.533. The first kappa shape index (κ1) is 14.7. The second-order valence-corrected chi connectivity index (χ2v) is 5.30. The average Bonchev–Trinajstić information content (AvgIpc) is 2.68. The summed E-state index contributed by atoms with van der Waals surface area (Å²) in [4.78, 5) is 11.6. The van der Waals surface area contributed by atoms with E-state index in [0.717, 1.165) is 23.5 Å². The number of rotatable bonds is 4. The van der Waals surface area contributed by atoms with Crippen LogP contribution in [-0.4, -0.2) is 31.8 Å². The maximum absolute atomic E-state index is 11.6. The molecule has 0 bridgehead atoms. The molecule has 20 heavy (non-hydrogen) atoms. The van der Waals surface area contributed by atoms with Crippen molar-refractivity contribution in [1.82, 2.24) is 5.32 Å². The average molecular weight is 279 g/mol. The molecule has 110 valence electrons. The molecule has 1 aliphatic rings. The molecule has 0 saturated heterocycles. The van der Waals surface area contributed by atoms with E-state index in [0.29, 0.717) is 19.8 Å². The van der Waals surface area contributed by atoms with E-state index >= 15 is 0 Å². The summed E-state index contributed by atoms with van der Waals surface area (Å²) in [5.41, 5.74) is 0.310. The Kier molecular flexibility index (Phi) is 4.49. The third-order valence-corrected chi connectivity index (χ3v) is 3.24. The highest BCUT2D eigenvalue weighted by Gasteiger charge is 2.27. The molecule has 0 unspecified atom stereocenters. The Bertz CT molecular complexity index is 485. The summed E-state index contributed by atoms with van der Waals surface area (Å²) in [5.74, 6) is 1.25. The maximum atomic E-state index is 11.6. The molecule has 1 aliphatic heterocycles. The molecule has 0 amide bonds. The van der Waals surface area contributed by atoms with Crippen molar-refractivity contribution in [2.75, 3.05) is 20.3 Å². The number of carbonyl (C=O) groups is 1. The van der Waals surface area contributed by atoms with Crippen LogP contribution in [0.3, 0.4) is 0 Å². The summed E-state index contributed by atoms with van der Waals surface area (Å²) < 4.78 is 16.0. The van der Waals surface area contributed by atoms with E-state index in [1.54, 1.807) is 13.8 Å². The molecule has 0 fully saturated rings. The quantitative estimate of drug-likeness (QED) is 0.853. The zero-order valence-corrected chi connectivity index (χ0v) is 12.2. The number of ether oxygens (including phenoxy) is 3. The molecule has 1 aromatic rings. The Morgan fingerprint density at radius 3 is 2.70 bits per heavy atom. The molecule has 1 N–H and O–H groups in total. The summed E-state index contributed by atoms with van der Waals surface area (Å²) >= 11 is 0. The van der Waals surface area contributed by atoms with Gasteiger partial charge in [-0.15, -0.1) is 0 Å². The maximum Gasteiger partial charge on any atom is 0.325 e. The molecule has 0 saturated carbocycles. The zero-order valence-electron chi connectivity index (χ0n) is 12.2. The van der Waals surface area contributed by atoms with E-state index in [1.807, 2.05) is 18.2 Å². The molecule has 0 aliphatic carbocycles. The van der Waals surface area contributed by atoms with E-state index in [9.17, 15) is 4.79 Å². The molecule has 0 radical (unpaired) electrons. The lowest BCUT2D eigenvalue weighted by Crippen LogP contribution is -2.46. The van der Waals surface area contributed by atoms with Crippen LogP contribution in [0.5, 0.6) is 11.5 Å². The van der Waals surface area contributed by atoms with Crippen LogP contribution in [0.25, 0.3) is 0 Å². The largest absolute Gasteiger partial charge is 0.490 e. The molecule has 0 atom stereocenters. The third-order valence-electron chi connectivity index (χ3n) is 3.24. The van der Waals surface area contributed by atoms with Crippen molar-refractivity contribution < 1.29 is 19.0 Å². The second kappa shape index (κ2) is 6.13. The highest BCUT2D eigenvalue weighted by Crippen LogP contribution is 2.30. The van der Waals surface area contributed by atoms with Gasteiger partial charge in [0.2, 0.25) is 0 Å².